The smallest absolute Gasteiger partial charge is 0.283 e. The largest absolute Gasteiger partial charge is 0.372 e. The van der Waals surface area contributed by atoms with E-state index in [1.165, 1.54) is 6.07 Å². The van der Waals surface area contributed by atoms with Gasteiger partial charge in [-0.2, -0.15) is 0 Å². The van der Waals surface area contributed by atoms with E-state index in [4.69, 9.17) is 4.74 Å². The molecule has 1 N–H and O–H groups in total. The van der Waals surface area contributed by atoms with E-state index in [0.29, 0.717) is 16.3 Å². The molecule has 9 heteroatoms. The number of nitrogens with one attached hydrogen (secondary N) is 1. The maximum Gasteiger partial charge on any atom is 0.283 e. The van der Waals surface area contributed by atoms with Gasteiger partial charge in [0.15, 0.2) is 0 Å². The molecule has 2 aromatic heterocycles. The van der Waals surface area contributed by atoms with Gasteiger partial charge in [-0.05, 0) is 32.4 Å². The summed E-state index contributed by atoms with van der Waals surface area (Å²) in [7, 11) is 0. The number of nitrogens with zero attached hydrogens (tertiary/aromatic N) is 3. The first-order chi connectivity index (χ1) is 12.8. The third-order valence-corrected chi connectivity index (χ3v) is 5.36. The minimum Gasteiger partial charge on any atom is -0.372 e. The summed E-state index contributed by atoms with van der Waals surface area (Å²) >= 11 is 1.12. The maximum absolute atomic E-state index is 12.2. The normalized spacial score (nSPS) is 19.7. The van der Waals surface area contributed by atoms with E-state index in [1.807, 2.05) is 26.0 Å². The Morgan fingerprint density at radius 1 is 1.41 bits per heavy atom. The molecule has 27 heavy (non-hydrogen) atoms. The van der Waals surface area contributed by atoms with Crippen molar-refractivity contribution in [2.24, 2.45) is 0 Å². The lowest BCUT2D eigenvalue weighted by atomic mass is 10.2. The van der Waals surface area contributed by atoms with E-state index >= 15 is 0 Å². The van der Waals surface area contributed by atoms with Crippen LogP contribution in [-0.4, -0.2) is 41.1 Å². The molecule has 144 valence electrons. The SMILES string of the molecule is Cc1sc(C(=O)NCc2ccc(N3C[C@@H](C)O[C@@H](C)C3)nc2)cc1[N+](=O)[O-]. The van der Waals surface area contributed by atoms with Crippen LogP contribution in [0.25, 0.3) is 0 Å². The first-order valence-electron chi connectivity index (χ1n) is 8.72. The van der Waals surface area contributed by atoms with E-state index in [2.05, 4.69) is 15.2 Å². The van der Waals surface area contributed by atoms with Crippen LogP contribution in [-0.2, 0) is 11.3 Å². The molecule has 8 nitrogen and oxygen atoms in total. The van der Waals surface area contributed by atoms with Crippen molar-refractivity contribution >= 4 is 28.7 Å². The molecular formula is C18H22N4O4S. The van der Waals surface area contributed by atoms with Gasteiger partial charge in [-0.25, -0.2) is 4.98 Å². The zero-order valence-corrected chi connectivity index (χ0v) is 16.3. The fourth-order valence-corrected chi connectivity index (χ4v) is 4.01. The lowest BCUT2D eigenvalue weighted by Gasteiger charge is -2.36. The van der Waals surface area contributed by atoms with Crippen LogP contribution >= 0.6 is 11.3 Å². The van der Waals surface area contributed by atoms with Crippen molar-refractivity contribution in [1.82, 2.24) is 10.3 Å². The van der Waals surface area contributed by atoms with Crippen molar-refractivity contribution in [1.29, 1.82) is 0 Å². The summed E-state index contributed by atoms with van der Waals surface area (Å²) in [6, 6.07) is 5.18. The number of hydrogen-bond donors (Lipinski definition) is 1. The quantitative estimate of drug-likeness (QED) is 0.623. The Labute approximate surface area is 161 Å². The number of rotatable bonds is 5. The summed E-state index contributed by atoms with van der Waals surface area (Å²) in [6.07, 6.45) is 2.06. The van der Waals surface area contributed by atoms with Gasteiger partial charge in [-0.3, -0.25) is 14.9 Å². The van der Waals surface area contributed by atoms with Crippen molar-refractivity contribution in [2.75, 3.05) is 18.0 Å². The zero-order valence-electron chi connectivity index (χ0n) is 15.5. The molecular weight excluding hydrogens is 368 g/mol. The standard InChI is InChI=1S/C18H22N4O4S/c1-11-9-21(10-12(2)26-11)17-5-4-14(7-19-17)8-20-18(23)16-6-15(22(24)25)13(3)27-16/h4-7,11-12H,8-10H2,1-3H3,(H,20,23)/t11-,12+. The summed E-state index contributed by atoms with van der Waals surface area (Å²) in [4.78, 5) is 30.2. The summed E-state index contributed by atoms with van der Waals surface area (Å²) < 4.78 is 5.74. The molecule has 3 rings (SSSR count). The molecule has 1 saturated heterocycles. The molecule has 2 aromatic rings. The molecule has 1 fully saturated rings. The second kappa shape index (κ2) is 8.01. The van der Waals surface area contributed by atoms with Gasteiger partial charge < -0.3 is 15.0 Å². The number of morpholine rings is 1. The second-order valence-electron chi connectivity index (χ2n) is 6.68. The summed E-state index contributed by atoms with van der Waals surface area (Å²) in [5.41, 5.74) is 0.842. The van der Waals surface area contributed by atoms with Crippen molar-refractivity contribution < 1.29 is 14.5 Å². The Morgan fingerprint density at radius 3 is 2.67 bits per heavy atom. The highest BCUT2D eigenvalue weighted by Gasteiger charge is 2.23. The molecule has 0 bridgehead atoms. The van der Waals surface area contributed by atoms with Gasteiger partial charge in [-0.1, -0.05) is 6.07 Å². The maximum atomic E-state index is 12.2. The molecule has 0 unspecified atom stereocenters. The predicted molar refractivity (Wildman–Crippen MR) is 103 cm³/mol. The van der Waals surface area contributed by atoms with Crippen molar-refractivity contribution in [2.45, 2.75) is 39.5 Å². The van der Waals surface area contributed by atoms with Gasteiger partial charge in [0.2, 0.25) is 0 Å². The molecule has 0 radical (unpaired) electrons. The number of anilines is 1. The van der Waals surface area contributed by atoms with Crippen LogP contribution in [0.15, 0.2) is 24.4 Å². The Kier molecular flexibility index (Phi) is 5.71. The van der Waals surface area contributed by atoms with Crippen LogP contribution in [0.3, 0.4) is 0 Å². The molecule has 1 amide bonds. The van der Waals surface area contributed by atoms with E-state index in [1.54, 1.807) is 13.1 Å². The Bertz CT molecular complexity index is 826. The lowest BCUT2D eigenvalue weighted by Crippen LogP contribution is -2.45. The van der Waals surface area contributed by atoms with E-state index in [-0.39, 0.29) is 23.8 Å². The first-order valence-corrected chi connectivity index (χ1v) is 9.53. The average molecular weight is 390 g/mol. The molecule has 0 spiro atoms. The van der Waals surface area contributed by atoms with Gasteiger partial charge in [0, 0.05) is 31.9 Å². The first kappa shape index (κ1) is 19.2. The van der Waals surface area contributed by atoms with Gasteiger partial charge >= 0.3 is 0 Å². The number of nitro groups is 1. The molecule has 0 saturated carbocycles. The summed E-state index contributed by atoms with van der Waals surface area (Å²) in [5.74, 6) is 0.563. The van der Waals surface area contributed by atoms with Crippen molar-refractivity contribution in [3.8, 4) is 0 Å². The van der Waals surface area contributed by atoms with Crippen LogP contribution in [0.2, 0.25) is 0 Å². The van der Waals surface area contributed by atoms with Crippen molar-refractivity contribution in [3.05, 3.63) is 49.8 Å². The molecule has 1 aliphatic rings. The van der Waals surface area contributed by atoms with Crippen LogP contribution in [0.4, 0.5) is 11.5 Å². The lowest BCUT2D eigenvalue weighted by molar-refractivity contribution is -0.385. The molecule has 1 aliphatic heterocycles. The zero-order chi connectivity index (χ0) is 19.6. The number of carbonyl (C=O) groups excluding carboxylic acids is 1. The number of ether oxygens (including phenoxy) is 1. The monoisotopic (exact) mass is 390 g/mol. The fraction of sp³-hybridized carbons (Fsp3) is 0.444. The number of thiophene rings is 1. The number of aryl methyl sites for hydroxylation is 1. The second-order valence-corrected chi connectivity index (χ2v) is 7.94. The van der Waals surface area contributed by atoms with E-state index in [0.717, 1.165) is 35.8 Å². The van der Waals surface area contributed by atoms with Crippen LogP contribution in [0.5, 0.6) is 0 Å². The van der Waals surface area contributed by atoms with Gasteiger partial charge in [0.05, 0.1) is 26.9 Å². The molecule has 2 atom stereocenters. The minimum absolute atomic E-state index is 0.0230. The summed E-state index contributed by atoms with van der Waals surface area (Å²) in [6.45, 7) is 7.63. The number of aromatic nitrogens is 1. The predicted octanol–water partition coefficient (Wildman–Crippen LogP) is 2.90. The van der Waals surface area contributed by atoms with Gasteiger partial charge in [0.25, 0.3) is 11.6 Å². The van der Waals surface area contributed by atoms with Crippen LogP contribution in [0, 0.1) is 17.0 Å². The minimum atomic E-state index is -0.474. The molecule has 0 aliphatic carbocycles. The topological polar surface area (TPSA) is 97.6 Å². The average Bonchev–Trinajstić information content (AvgIpc) is 3.01. The Morgan fingerprint density at radius 2 is 2.11 bits per heavy atom. The Balaban J connectivity index is 1.59. The van der Waals surface area contributed by atoms with Crippen molar-refractivity contribution in [3.63, 3.8) is 0 Å². The van der Waals surface area contributed by atoms with E-state index in [9.17, 15) is 14.9 Å². The highest BCUT2D eigenvalue weighted by Crippen LogP contribution is 2.28. The Hall–Kier alpha value is -2.52. The third-order valence-electron chi connectivity index (χ3n) is 4.32. The van der Waals surface area contributed by atoms with E-state index < -0.39 is 4.92 Å². The number of pyridine rings is 1. The fourth-order valence-electron chi connectivity index (χ4n) is 3.11. The number of carbonyl (C=O) groups is 1. The molecule has 3 heterocycles. The van der Waals surface area contributed by atoms with Gasteiger partial charge in [-0.15, -0.1) is 11.3 Å². The van der Waals surface area contributed by atoms with Crippen LogP contribution < -0.4 is 10.2 Å². The third kappa shape index (κ3) is 4.61. The number of amides is 1. The highest BCUT2D eigenvalue weighted by atomic mass is 32.1. The van der Waals surface area contributed by atoms with Crippen LogP contribution in [0.1, 0.15) is 34.0 Å². The molecule has 0 aromatic carbocycles. The number of hydrogen-bond acceptors (Lipinski definition) is 7. The highest BCUT2D eigenvalue weighted by molar-refractivity contribution is 7.14. The van der Waals surface area contributed by atoms with Gasteiger partial charge in [0.1, 0.15) is 5.82 Å². The summed E-state index contributed by atoms with van der Waals surface area (Å²) in [5, 5.41) is 13.7.